The van der Waals surface area contributed by atoms with E-state index in [0.29, 0.717) is 54.6 Å². The van der Waals surface area contributed by atoms with Gasteiger partial charge in [0.05, 0.1) is 41.6 Å². The van der Waals surface area contributed by atoms with Crippen molar-refractivity contribution in [2.75, 3.05) is 26.8 Å². The third kappa shape index (κ3) is 4.09. The van der Waals surface area contributed by atoms with Gasteiger partial charge in [-0.25, -0.2) is 4.79 Å². The molecule has 0 aromatic heterocycles. The minimum absolute atomic E-state index is 0.226. The summed E-state index contributed by atoms with van der Waals surface area (Å²) in [6.45, 7) is 6.86. The topological polar surface area (TPSA) is 103 Å². The molecule has 0 aromatic carbocycles. The van der Waals surface area contributed by atoms with Crippen molar-refractivity contribution in [3.8, 4) is 0 Å². The summed E-state index contributed by atoms with van der Waals surface area (Å²) in [5.41, 5.74) is 7.40. The predicted octanol–water partition coefficient (Wildman–Crippen LogP) is 2.36. The maximum Gasteiger partial charge on any atom is 0.409 e. The first kappa shape index (κ1) is 21.5. The molecule has 2 atom stereocenters. The molecule has 160 valence electrons. The van der Waals surface area contributed by atoms with Gasteiger partial charge in [0.15, 0.2) is 0 Å². The second-order valence-electron chi connectivity index (χ2n) is 8.03. The van der Waals surface area contributed by atoms with Crippen LogP contribution >= 0.6 is 11.6 Å². The lowest BCUT2D eigenvalue weighted by Gasteiger charge is -2.37. The Bertz CT molecular complexity index is 802. The number of nitrogens with one attached hydrogen (secondary N) is 1. The van der Waals surface area contributed by atoms with Crippen LogP contribution in [0.25, 0.3) is 0 Å². The van der Waals surface area contributed by atoms with Gasteiger partial charge in [0.1, 0.15) is 12.0 Å². The summed E-state index contributed by atoms with van der Waals surface area (Å²) in [7, 11) is 1.57. The Morgan fingerprint density at radius 1 is 1.45 bits per heavy atom. The van der Waals surface area contributed by atoms with Crippen molar-refractivity contribution >= 4 is 23.6 Å². The van der Waals surface area contributed by atoms with Crippen LogP contribution in [0.5, 0.6) is 0 Å². The van der Waals surface area contributed by atoms with E-state index < -0.39 is 5.41 Å². The fourth-order valence-corrected chi connectivity index (χ4v) is 4.25. The number of amides is 2. The molecular weight excluding hydrogens is 398 g/mol. The lowest BCUT2D eigenvalue weighted by molar-refractivity contribution is -0.121. The van der Waals surface area contributed by atoms with Crippen molar-refractivity contribution in [1.29, 1.82) is 0 Å². The Labute approximate surface area is 175 Å². The summed E-state index contributed by atoms with van der Waals surface area (Å²) >= 11 is 6.08. The lowest BCUT2D eigenvalue weighted by Crippen LogP contribution is -2.56. The van der Waals surface area contributed by atoms with Crippen molar-refractivity contribution in [2.45, 2.75) is 45.8 Å². The van der Waals surface area contributed by atoms with Crippen LogP contribution in [0.15, 0.2) is 33.9 Å². The molecule has 8 nitrogen and oxygen atoms in total. The minimum atomic E-state index is -0.455. The number of hydrogen-bond acceptors (Lipinski definition) is 6. The Balaban J connectivity index is 1.77. The van der Waals surface area contributed by atoms with E-state index in [-0.39, 0.29) is 24.1 Å². The molecule has 3 rings (SSSR count). The zero-order valence-electron chi connectivity index (χ0n) is 17.2. The van der Waals surface area contributed by atoms with Gasteiger partial charge in [-0.1, -0.05) is 25.4 Å². The van der Waals surface area contributed by atoms with Crippen LogP contribution in [-0.2, 0) is 19.0 Å². The molecule has 0 spiro atoms. The first-order valence-corrected chi connectivity index (χ1v) is 10.1. The molecule has 2 aliphatic heterocycles. The molecule has 1 aliphatic carbocycles. The minimum Gasteiger partial charge on any atom is -0.462 e. The molecular formula is C20H28ClN3O5. The summed E-state index contributed by atoms with van der Waals surface area (Å²) in [5.74, 6) is 0.253. The SMILES string of the molecule is CCOC(=O)N1CCC(NC(=O)C2=C3OC=C(Cl)C(N)=C3CC2(C)C)C(OC)C1. The summed E-state index contributed by atoms with van der Waals surface area (Å²) in [6.07, 6.45) is 1.78. The number of halogens is 1. The number of fused-ring (bicyclic) bond motifs is 1. The van der Waals surface area contributed by atoms with Crippen LogP contribution in [-0.4, -0.2) is 55.9 Å². The summed E-state index contributed by atoms with van der Waals surface area (Å²) in [5, 5.41) is 3.41. The van der Waals surface area contributed by atoms with E-state index in [4.69, 9.17) is 31.5 Å². The Hall–Kier alpha value is -2.19. The number of carbonyl (C=O) groups excluding carboxylic acids is 2. The molecule has 3 aliphatic rings. The van der Waals surface area contributed by atoms with Gasteiger partial charge in [-0.3, -0.25) is 4.79 Å². The van der Waals surface area contributed by atoms with E-state index in [9.17, 15) is 9.59 Å². The molecule has 29 heavy (non-hydrogen) atoms. The van der Waals surface area contributed by atoms with Gasteiger partial charge in [0, 0.05) is 24.6 Å². The molecule has 3 N–H and O–H groups in total. The third-order valence-electron chi connectivity index (χ3n) is 5.59. The highest BCUT2D eigenvalue weighted by Crippen LogP contribution is 2.49. The van der Waals surface area contributed by atoms with Gasteiger partial charge < -0.3 is 30.2 Å². The quantitative estimate of drug-likeness (QED) is 0.716. The van der Waals surface area contributed by atoms with Crippen molar-refractivity contribution in [3.63, 3.8) is 0 Å². The van der Waals surface area contributed by atoms with Crippen LogP contribution in [0.3, 0.4) is 0 Å². The number of methoxy groups -OCH3 is 1. The summed E-state index contributed by atoms with van der Waals surface area (Å²) in [4.78, 5) is 26.8. The highest BCUT2D eigenvalue weighted by atomic mass is 35.5. The van der Waals surface area contributed by atoms with Gasteiger partial charge in [0.25, 0.3) is 5.91 Å². The van der Waals surface area contributed by atoms with E-state index in [1.54, 1.807) is 18.9 Å². The number of ether oxygens (including phenoxy) is 3. The fraction of sp³-hybridized carbons (Fsp3) is 0.600. The molecule has 1 fully saturated rings. The van der Waals surface area contributed by atoms with Crippen LogP contribution in [0.4, 0.5) is 4.79 Å². The highest BCUT2D eigenvalue weighted by Gasteiger charge is 2.44. The number of likely N-dealkylation sites (tertiary alicyclic amines) is 1. The van der Waals surface area contributed by atoms with Gasteiger partial charge in [-0.15, -0.1) is 0 Å². The number of piperidine rings is 1. The van der Waals surface area contributed by atoms with E-state index in [2.05, 4.69) is 5.32 Å². The first-order chi connectivity index (χ1) is 13.7. The second-order valence-corrected chi connectivity index (χ2v) is 8.44. The van der Waals surface area contributed by atoms with Crippen LogP contribution in [0.1, 0.15) is 33.6 Å². The number of nitrogens with two attached hydrogens (primary N) is 1. The monoisotopic (exact) mass is 425 g/mol. The van der Waals surface area contributed by atoms with Crippen LogP contribution < -0.4 is 11.1 Å². The first-order valence-electron chi connectivity index (χ1n) is 9.71. The van der Waals surface area contributed by atoms with E-state index in [0.717, 1.165) is 5.57 Å². The van der Waals surface area contributed by atoms with Crippen molar-refractivity contribution in [2.24, 2.45) is 11.1 Å². The molecule has 2 heterocycles. The van der Waals surface area contributed by atoms with Crippen molar-refractivity contribution < 1.29 is 23.8 Å². The molecule has 0 radical (unpaired) electrons. The maximum absolute atomic E-state index is 13.2. The zero-order valence-corrected chi connectivity index (χ0v) is 18.0. The van der Waals surface area contributed by atoms with Gasteiger partial charge >= 0.3 is 6.09 Å². The largest absolute Gasteiger partial charge is 0.462 e. The predicted molar refractivity (Wildman–Crippen MR) is 108 cm³/mol. The van der Waals surface area contributed by atoms with Gasteiger partial charge in [-0.2, -0.15) is 0 Å². The van der Waals surface area contributed by atoms with Crippen molar-refractivity contribution in [1.82, 2.24) is 10.2 Å². The molecule has 2 unspecified atom stereocenters. The summed E-state index contributed by atoms with van der Waals surface area (Å²) in [6, 6.07) is -0.241. The fourth-order valence-electron chi connectivity index (χ4n) is 4.09. The number of allylic oxidation sites excluding steroid dienone is 2. The number of rotatable bonds is 4. The average Bonchev–Trinajstić information content (AvgIpc) is 2.96. The van der Waals surface area contributed by atoms with Gasteiger partial charge in [0.2, 0.25) is 0 Å². The molecule has 1 saturated heterocycles. The van der Waals surface area contributed by atoms with Crippen molar-refractivity contribution in [3.05, 3.63) is 33.9 Å². The number of carbonyl (C=O) groups is 2. The van der Waals surface area contributed by atoms with E-state index in [1.807, 2.05) is 13.8 Å². The Morgan fingerprint density at radius 3 is 2.83 bits per heavy atom. The Morgan fingerprint density at radius 2 is 2.17 bits per heavy atom. The lowest BCUT2D eigenvalue weighted by atomic mass is 9.84. The summed E-state index contributed by atoms with van der Waals surface area (Å²) < 4.78 is 16.3. The van der Waals surface area contributed by atoms with E-state index in [1.165, 1.54) is 6.26 Å². The van der Waals surface area contributed by atoms with Gasteiger partial charge in [-0.05, 0) is 19.8 Å². The molecule has 0 bridgehead atoms. The number of hydrogen-bond donors (Lipinski definition) is 2. The third-order valence-corrected chi connectivity index (χ3v) is 5.88. The standard InChI is InChI=1S/C20H28ClN3O5/c1-5-28-19(26)24-7-6-13(14(9-24)27-4)23-18(25)15-17-11(8-20(15,2)3)16(22)12(21)10-29-17/h10,13-14H,5-9,22H2,1-4H3,(H,23,25). The smallest absolute Gasteiger partial charge is 0.409 e. The van der Waals surface area contributed by atoms with Crippen LogP contribution in [0, 0.1) is 5.41 Å². The molecule has 0 aromatic rings. The average molecular weight is 426 g/mol. The van der Waals surface area contributed by atoms with Crippen LogP contribution in [0.2, 0.25) is 0 Å². The van der Waals surface area contributed by atoms with E-state index >= 15 is 0 Å². The Kier molecular flexibility index (Phi) is 6.14. The maximum atomic E-state index is 13.2. The normalized spacial score (nSPS) is 26.0. The second kappa shape index (κ2) is 8.28. The molecule has 2 amide bonds. The highest BCUT2D eigenvalue weighted by molar-refractivity contribution is 6.32. The molecule has 9 heteroatoms. The molecule has 0 saturated carbocycles. The number of nitrogens with zero attached hydrogens (tertiary/aromatic N) is 1. The zero-order chi connectivity index (χ0) is 21.3.